The van der Waals surface area contributed by atoms with E-state index in [9.17, 15) is 4.79 Å². The zero-order valence-corrected chi connectivity index (χ0v) is 12.1. The standard InChI is InChI=1S/C14H29NO2/c1-6-17-14(16)10-13(5)15-12(4)9-7-8-11(2)3/h11-13,15H,6-10H2,1-5H3. The molecule has 0 amide bonds. The third-order valence-electron chi connectivity index (χ3n) is 2.77. The molecule has 17 heavy (non-hydrogen) atoms. The molecular weight excluding hydrogens is 214 g/mol. The summed E-state index contributed by atoms with van der Waals surface area (Å²) in [5.41, 5.74) is 0. The third kappa shape index (κ3) is 10.3. The molecule has 0 rings (SSSR count). The maximum absolute atomic E-state index is 11.3. The fourth-order valence-corrected chi connectivity index (χ4v) is 1.93. The second kappa shape index (κ2) is 9.46. The molecule has 0 spiro atoms. The molecule has 0 heterocycles. The minimum Gasteiger partial charge on any atom is -0.466 e. The van der Waals surface area contributed by atoms with E-state index < -0.39 is 0 Å². The summed E-state index contributed by atoms with van der Waals surface area (Å²) in [4.78, 5) is 11.3. The molecule has 2 unspecified atom stereocenters. The predicted octanol–water partition coefficient (Wildman–Crippen LogP) is 3.13. The van der Waals surface area contributed by atoms with Gasteiger partial charge >= 0.3 is 5.97 Å². The Balaban J connectivity index is 3.64. The van der Waals surface area contributed by atoms with E-state index in [1.807, 2.05) is 13.8 Å². The average molecular weight is 243 g/mol. The molecule has 0 radical (unpaired) electrons. The van der Waals surface area contributed by atoms with Crippen molar-refractivity contribution in [3.63, 3.8) is 0 Å². The highest BCUT2D eigenvalue weighted by molar-refractivity contribution is 5.69. The predicted molar refractivity (Wildman–Crippen MR) is 72.0 cm³/mol. The van der Waals surface area contributed by atoms with Gasteiger partial charge in [-0.05, 0) is 33.1 Å². The molecule has 0 bridgehead atoms. The molecule has 0 aromatic rings. The van der Waals surface area contributed by atoms with Crippen LogP contribution in [0.3, 0.4) is 0 Å². The Hall–Kier alpha value is -0.570. The normalized spacial score (nSPS) is 14.7. The van der Waals surface area contributed by atoms with Crippen molar-refractivity contribution in [1.82, 2.24) is 5.32 Å². The summed E-state index contributed by atoms with van der Waals surface area (Å²) in [5.74, 6) is 0.668. The van der Waals surface area contributed by atoms with Gasteiger partial charge in [-0.1, -0.05) is 26.7 Å². The monoisotopic (exact) mass is 243 g/mol. The first-order valence-electron chi connectivity index (χ1n) is 6.87. The Kier molecular flexibility index (Phi) is 9.14. The molecule has 0 fully saturated rings. The Morgan fingerprint density at radius 3 is 2.29 bits per heavy atom. The van der Waals surface area contributed by atoms with E-state index in [1.54, 1.807) is 0 Å². The number of carbonyl (C=O) groups excluding carboxylic acids is 1. The van der Waals surface area contributed by atoms with Crippen LogP contribution in [-0.4, -0.2) is 24.7 Å². The van der Waals surface area contributed by atoms with Gasteiger partial charge in [-0.25, -0.2) is 0 Å². The largest absolute Gasteiger partial charge is 0.466 e. The van der Waals surface area contributed by atoms with Gasteiger partial charge in [0, 0.05) is 12.1 Å². The molecular formula is C14H29NO2. The van der Waals surface area contributed by atoms with Crippen molar-refractivity contribution in [3.05, 3.63) is 0 Å². The van der Waals surface area contributed by atoms with Gasteiger partial charge in [0.1, 0.15) is 0 Å². The first-order chi connectivity index (χ1) is 7.95. The van der Waals surface area contributed by atoms with Crippen molar-refractivity contribution in [2.24, 2.45) is 5.92 Å². The molecule has 0 saturated heterocycles. The maximum atomic E-state index is 11.3. The van der Waals surface area contributed by atoms with E-state index in [1.165, 1.54) is 19.3 Å². The van der Waals surface area contributed by atoms with Crippen molar-refractivity contribution < 1.29 is 9.53 Å². The van der Waals surface area contributed by atoms with Crippen LogP contribution in [0.1, 0.15) is 60.3 Å². The van der Waals surface area contributed by atoms with E-state index in [4.69, 9.17) is 4.74 Å². The number of nitrogens with one attached hydrogen (secondary N) is 1. The average Bonchev–Trinajstić information content (AvgIpc) is 2.16. The summed E-state index contributed by atoms with van der Waals surface area (Å²) in [6.45, 7) is 11.0. The molecule has 0 aliphatic rings. The minimum atomic E-state index is -0.109. The van der Waals surface area contributed by atoms with E-state index in [0.717, 1.165) is 5.92 Å². The van der Waals surface area contributed by atoms with Gasteiger partial charge in [0.2, 0.25) is 0 Å². The Bertz CT molecular complexity index is 204. The number of hydrogen-bond donors (Lipinski definition) is 1. The van der Waals surface area contributed by atoms with Crippen LogP contribution < -0.4 is 5.32 Å². The summed E-state index contributed by atoms with van der Waals surface area (Å²) in [6.07, 6.45) is 4.16. The lowest BCUT2D eigenvalue weighted by Gasteiger charge is -2.19. The van der Waals surface area contributed by atoms with E-state index >= 15 is 0 Å². The molecule has 0 aliphatic heterocycles. The summed E-state index contributed by atoms with van der Waals surface area (Å²) >= 11 is 0. The number of hydrogen-bond acceptors (Lipinski definition) is 3. The van der Waals surface area contributed by atoms with Crippen LogP contribution in [0, 0.1) is 5.92 Å². The van der Waals surface area contributed by atoms with Gasteiger partial charge in [0.15, 0.2) is 0 Å². The van der Waals surface area contributed by atoms with Gasteiger partial charge in [-0.15, -0.1) is 0 Å². The molecule has 0 aromatic heterocycles. The van der Waals surface area contributed by atoms with Crippen LogP contribution in [0.25, 0.3) is 0 Å². The number of ether oxygens (including phenoxy) is 1. The van der Waals surface area contributed by atoms with Crippen molar-refractivity contribution in [1.29, 1.82) is 0 Å². The maximum Gasteiger partial charge on any atom is 0.307 e. The smallest absolute Gasteiger partial charge is 0.307 e. The van der Waals surface area contributed by atoms with Crippen molar-refractivity contribution in [2.75, 3.05) is 6.61 Å². The zero-order chi connectivity index (χ0) is 13.3. The summed E-state index contributed by atoms with van der Waals surface area (Å²) in [6, 6.07) is 0.668. The molecule has 2 atom stereocenters. The fraction of sp³-hybridized carbons (Fsp3) is 0.929. The summed E-state index contributed by atoms with van der Waals surface area (Å²) in [7, 11) is 0. The lowest BCUT2D eigenvalue weighted by atomic mass is 10.0. The fourth-order valence-electron chi connectivity index (χ4n) is 1.93. The molecule has 0 aliphatic carbocycles. The lowest BCUT2D eigenvalue weighted by Crippen LogP contribution is -2.36. The highest BCUT2D eigenvalue weighted by Gasteiger charge is 2.12. The topological polar surface area (TPSA) is 38.3 Å². The van der Waals surface area contributed by atoms with Gasteiger partial charge in [-0.2, -0.15) is 0 Å². The quantitative estimate of drug-likeness (QED) is 0.632. The van der Waals surface area contributed by atoms with Crippen LogP contribution in [0.5, 0.6) is 0 Å². The number of rotatable bonds is 9. The van der Waals surface area contributed by atoms with E-state index in [0.29, 0.717) is 19.1 Å². The van der Waals surface area contributed by atoms with Crippen molar-refractivity contribution >= 4 is 5.97 Å². The molecule has 0 aromatic carbocycles. The second-order valence-electron chi connectivity index (χ2n) is 5.30. The van der Waals surface area contributed by atoms with Crippen LogP contribution in [0.2, 0.25) is 0 Å². The summed E-state index contributed by atoms with van der Waals surface area (Å²) < 4.78 is 4.93. The highest BCUT2D eigenvalue weighted by Crippen LogP contribution is 2.09. The van der Waals surface area contributed by atoms with Gasteiger partial charge in [0.05, 0.1) is 13.0 Å². The van der Waals surface area contributed by atoms with Crippen LogP contribution >= 0.6 is 0 Å². The van der Waals surface area contributed by atoms with E-state index in [-0.39, 0.29) is 12.0 Å². The van der Waals surface area contributed by atoms with Gasteiger partial charge in [-0.3, -0.25) is 4.79 Å². The van der Waals surface area contributed by atoms with Gasteiger partial charge < -0.3 is 10.1 Å². The molecule has 1 N–H and O–H groups in total. The minimum absolute atomic E-state index is 0.109. The Morgan fingerprint density at radius 2 is 1.76 bits per heavy atom. The Morgan fingerprint density at radius 1 is 1.12 bits per heavy atom. The van der Waals surface area contributed by atoms with Crippen molar-refractivity contribution in [2.45, 2.75) is 72.4 Å². The van der Waals surface area contributed by atoms with Gasteiger partial charge in [0.25, 0.3) is 0 Å². The molecule has 3 heteroatoms. The first-order valence-corrected chi connectivity index (χ1v) is 6.87. The molecule has 0 saturated carbocycles. The van der Waals surface area contributed by atoms with Crippen LogP contribution in [-0.2, 0) is 9.53 Å². The SMILES string of the molecule is CCOC(=O)CC(C)NC(C)CCCC(C)C. The lowest BCUT2D eigenvalue weighted by molar-refractivity contribution is -0.143. The Labute approximate surface area is 106 Å². The first kappa shape index (κ1) is 16.4. The highest BCUT2D eigenvalue weighted by atomic mass is 16.5. The summed E-state index contributed by atoms with van der Waals surface area (Å²) in [5, 5.41) is 3.44. The van der Waals surface area contributed by atoms with E-state index in [2.05, 4.69) is 26.1 Å². The number of esters is 1. The molecule has 3 nitrogen and oxygen atoms in total. The molecule has 102 valence electrons. The zero-order valence-electron chi connectivity index (χ0n) is 12.1. The van der Waals surface area contributed by atoms with Crippen molar-refractivity contribution in [3.8, 4) is 0 Å². The van der Waals surface area contributed by atoms with Crippen LogP contribution in [0.4, 0.5) is 0 Å². The van der Waals surface area contributed by atoms with Crippen LogP contribution in [0.15, 0.2) is 0 Å². The second-order valence-corrected chi connectivity index (χ2v) is 5.30. The third-order valence-corrected chi connectivity index (χ3v) is 2.77. The number of carbonyl (C=O) groups is 1.